The first kappa shape index (κ1) is 31.3. The van der Waals surface area contributed by atoms with Crippen LogP contribution in [0.5, 0.6) is 5.75 Å². The van der Waals surface area contributed by atoms with Gasteiger partial charge in [-0.25, -0.2) is 26.9 Å². The highest BCUT2D eigenvalue weighted by atomic mass is 32.2. The molecule has 0 bridgehead atoms. The van der Waals surface area contributed by atoms with Crippen LogP contribution >= 0.6 is 11.3 Å². The van der Waals surface area contributed by atoms with E-state index in [0.717, 1.165) is 17.3 Å². The summed E-state index contributed by atoms with van der Waals surface area (Å²) in [5.74, 6) is -1.18. The van der Waals surface area contributed by atoms with Gasteiger partial charge in [-0.3, -0.25) is 9.48 Å². The number of piperidine rings is 1. The van der Waals surface area contributed by atoms with Crippen molar-refractivity contribution in [2.75, 3.05) is 19.3 Å². The van der Waals surface area contributed by atoms with Crippen LogP contribution in [0.2, 0.25) is 0 Å². The number of rotatable bonds is 8. The van der Waals surface area contributed by atoms with Crippen LogP contribution in [0.4, 0.5) is 22.0 Å². The highest BCUT2D eigenvalue weighted by Crippen LogP contribution is 2.37. The largest absolute Gasteiger partial charge is 0.382 e. The van der Waals surface area contributed by atoms with Crippen LogP contribution in [0.15, 0.2) is 23.6 Å². The predicted octanol–water partition coefficient (Wildman–Crippen LogP) is 5.41. The Morgan fingerprint density at radius 1 is 1.09 bits per heavy atom. The van der Waals surface area contributed by atoms with Crippen LogP contribution in [0.1, 0.15) is 84.1 Å². The fraction of sp³-hybridized carbons (Fsp3) is 0.500. The Morgan fingerprint density at radius 3 is 2.40 bits per heavy atom. The summed E-state index contributed by atoms with van der Waals surface area (Å²) in [7, 11) is -3.86. The summed E-state index contributed by atoms with van der Waals surface area (Å²) in [4.78, 5) is 19.2. The van der Waals surface area contributed by atoms with E-state index >= 15 is 0 Å². The van der Waals surface area contributed by atoms with Crippen molar-refractivity contribution in [2.24, 2.45) is 0 Å². The third-order valence-electron chi connectivity index (χ3n) is 7.22. The van der Waals surface area contributed by atoms with E-state index in [1.165, 1.54) is 29.2 Å². The van der Waals surface area contributed by atoms with Gasteiger partial charge < -0.3 is 18.6 Å². The smallest absolute Gasteiger partial charge is 0.306 e. The molecule has 1 aromatic carbocycles. The number of fused-ring (bicyclic) bond motifs is 1. The Balaban J connectivity index is 1.22. The number of alkyl halides is 4. The van der Waals surface area contributed by atoms with Gasteiger partial charge in [0.2, 0.25) is 12.2 Å². The standard InChI is InChI=1S/C26H27F5N4O6S2/c1-13(35-20(23(30)31)9-18(33-35)22(28)29)25(36)34-7-5-14(6-8-34)24-32-19(12-42-24)26-39-10-15-16(11-40-26)21(4-3-17(15)27)41-43(2,37)38/h3-4,9,12-14,22-23,26H,5-8,10-11H2,1-2H3. The average molecular weight is 651 g/mol. The number of benzene rings is 1. The van der Waals surface area contributed by atoms with Gasteiger partial charge in [0.25, 0.3) is 12.9 Å². The quantitative estimate of drug-likeness (QED) is 0.235. The molecule has 0 spiro atoms. The van der Waals surface area contributed by atoms with Gasteiger partial charge >= 0.3 is 10.1 Å². The van der Waals surface area contributed by atoms with E-state index < -0.39 is 58.4 Å². The molecule has 3 aromatic rings. The summed E-state index contributed by atoms with van der Waals surface area (Å²) >= 11 is 1.36. The zero-order chi connectivity index (χ0) is 31.1. The third-order valence-corrected chi connectivity index (χ3v) is 8.73. The molecule has 10 nitrogen and oxygen atoms in total. The molecule has 234 valence electrons. The SMILES string of the molecule is CC(C(=O)N1CCC(c2nc(C3OCc4c(F)ccc(OS(C)(=O)=O)c4CO3)cs2)CC1)n1nc(C(F)F)cc1C(F)F. The fourth-order valence-electron chi connectivity index (χ4n) is 5.06. The van der Waals surface area contributed by atoms with Gasteiger partial charge in [0, 0.05) is 35.5 Å². The first-order valence-electron chi connectivity index (χ1n) is 13.1. The maximum Gasteiger partial charge on any atom is 0.306 e. The molecule has 1 fully saturated rings. The predicted molar refractivity (Wildman–Crippen MR) is 142 cm³/mol. The van der Waals surface area contributed by atoms with Gasteiger partial charge in [-0.05, 0) is 38.0 Å². The van der Waals surface area contributed by atoms with Crippen molar-refractivity contribution in [3.05, 3.63) is 62.6 Å². The molecule has 43 heavy (non-hydrogen) atoms. The average Bonchev–Trinajstić information content (AvgIpc) is 3.57. The summed E-state index contributed by atoms with van der Waals surface area (Å²) in [6.07, 6.45) is -5.16. The minimum Gasteiger partial charge on any atom is -0.382 e. The van der Waals surface area contributed by atoms with Crippen LogP contribution in [0.3, 0.4) is 0 Å². The molecular formula is C26H27F5N4O6S2. The normalized spacial score (nSPS) is 19.0. The first-order valence-corrected chi connectivity index (χ1v) is 15.8. The molecule has 5 rings (SSSR count). The molecule has 0 saturated carbocycles. The number of nitrogens with zero attached hydrogens (tertiary/aromatic N) is 4. The summed E-state index contributed by atoms with van der Waals surface area (Å²) in [6.45, 7) is 1.55. The lowest BCUT2D eigenvalue weighted by Gasteiger charge is -2.33. The highest BCUT2D eigenvalue weighted by molar-refractivity contribution is 7.86. The van der Waals surface area contributed by atoms with Gasteiger partial charge in [0.1, 0.15) is 34.7 Å². The van der Waals surface area contributed by atoms with E-state index in [2.05, 4.69) is 10.1 Å². The molecule has 1 amide bonds. The monoisotopic (exact) mass is 650 g/mol. The maximum absolute atomic E-state index is 14.5. The molecule has 2 atom stereocenters. The topological polar surface area (TPSA) is 113 Å². The van der Waals surface area contributed by atoms with Gasteiger partial charge in [0.05, 0.1) is 24.5 Å². The van der Waals surface area contributed by atoms with Gasteiger partial charge in [-0.2, -0.15) is 13.5 Å². The highest BCUT2D eigenvalue weighted by Gasteiger charge is 2.33. The van der Waals surface area contributed by atoms with Crippen LogP contribution in [0, 0.1) is 5.82 Å². The van der Waals surface area contributed by atoms with Crippen LogP contribution < -0.4 is 4.18 Å². The van der Waals surface area contributed by atoms with Crippen molar-refractivity contribution >= 4 is 27.4 Å². The van der Waals surface area contributed by atoms with Crippen LogP contribution in [-0.4, -0.2) is 53.3 Å². The lowest BCUT2D eigenvalue weighted by atomic mass is 9.97. The van der Waals surface area contributed by atoms with E-state index in [0.29, 0.717) is 42.4 Å². The summed E-state index contributed by atoms with van der Waals surface area (Å²) in [6, 6.07) is 1.73. The molecule has 2 aliphatic heterocycles. The lowest BCUT2D eigenvalue weighted by Crippen LogP contribution is -2.41. The molecular weight excluding hydrogens is 623 g/mol. The number of amides is 1. The molecule has 2 unspecified atom stereocenters. The summed E-state index contributed by atoms with van der Waals surface area (Å²) in [5, 5.41) is 6.05. The summed E-state index contributed by atoms with van der Waals surface area (Å²) in [5.41, 5.74) is -0.776. The molecule has 2 aliphatic rings. The second-order valence-electron chi connectivity index (χ2n) is 10.2. The Hall–Kier alpha value is -3.15. The van der Waals surface area contributed by atoms with Crippen LogP contribution in [0.25, 0.3) is 0 Å². The molecule has 2 aromatic heterocycles. The molecule has 0 aliphatic carbocycles. The Kier molecular flexibility index (Phi) is 9.06. The van der Waals surface area contributed by atoms with E-state index in [1.807, 2.05) is 0 Å². The zero-order valence-electron chi connectivity index (χ0n) is 22.9. The minimum atomic E-state index is -3.86. The lowest BCUT2D eigenvalue weighted by molar-refractivity contribution is -0.155. The number of thiazole rings is 1. The van der Waals surface area contributed by atoms with E-state index in [1.54, 1.807) is 5.38 Å². The van der Waals surface area contributed by atoms with E-state index in [-0.39, 0.29) is 36.0 Å². The first-order chi connectivity index (χ1) is 20.3. The number of likely N-dealkylation sites (tertiary alicyclic amines) is 1. The number of halogens is 5. The Bertz CT molecular complexity index is 1590. The zero-order valence-corrected chi connectivity index (χ0v) is 24.5. The molecule has 17 heteroatoms. The Morgan fingerprint density at radius 2 is 1.77 bits per heavy atom. The second-order valence-corrected chi connectivity index (χ2v) is 12.6. The summed E-state index contributed by atoms with van der Waals surface area (Å²) < 4.78 is 108. The number of hydrogen-bond donors (Lipinski definition) is 0. The molecule has 0 N–H and O–H groups in total. The number of carbonyl (C=O) groups is 1. The fourth-order valence-corrected chi connectivity index (χ4v) is 6.53. The van der Waals surface area contributed by atoms with Gasteiger partial charge in [-0.15, -0.1) is 11.3 Å². The van der Waals surface area contributed by atoms with Gasteiger partial charge in [0.15, 0.2) is 0 Å². The van der Waals surface area contributed by atoms with E-state index in [9.17, 15) is 35.2 Å². The Labute approximate surface area is 247 Å². The van der Waals surface area contributed by atoms with Crippen molar-refractivity contribution in [3.63, 3.8) is 0 Å². The van der Waals surface area contributed by atoms with Crippen molar-refractivity contribution in [1.82, 2.24) is 19.7 Å². The maximum atomic E-state index is 14.5. The van der Waals surface area contributed by atoms with Crippen molar-refractivity contribution < 1.29 is 48.8 Å². The molecule has 1 saturated heterocycles. The van der Waals surface area contributed by atoms with E-state index in [4.69, 9.17) is 13.7 Å². The minimum absolute atomic E-state index is 0.0277. The number of aromatic nitrogens is 3. The number of ether oxygens (including phenoxy) is 2. The van der Waals surface area contributed by atoms with Crippen molar-refractivity contribution in [1.29, 1.82) is 0 Å². The van der Waals surface area contributed by atoms with Crippen molar-refractivity contribution in [3.8, 4) is 5.75 Å². The molecule has 0 radical (unpaired) electrons. The number of hydrogen-bond acceptors (Lipinski definition) is 9. The third kappa shape index (κ3) is 6.84. The van der Waals surface area contributed by atoms with Crippen LogP contribution in [-0.2, 0) is 37.6 Å². The number of carbonyl (C=O) groups excluding carboxylic acids is 1. The second kappa shape index (κ2) is 12.5. The molecule has 4 heterocycles. The van der Waals surface area contributed by atoms with Gasteiger partial charge in [-0.1, -0.05) is 0 Å². The van der Waals surface area contributed by atoms with Crippen molar-refractivity contribution in [2.45, 2.75) is 64.1 Å².